The normalized spacial score (nSPS) is 21.0. The molecule has 2 atom stereocenters. The van der Waals surface area contributed by atoms with E-state index < -0.39 is 5.92 Å². The van der Waals surface area contributed by atoms with Crippen molar-refractivity contribution < 1.29 is 9.53 Å². The number of hydrogen-bond donors (Lipinski definition) is 0. The highest BCUT2D eigenvalue weighted by Crippen LogP contribution is 2.26. The highest BCUT2D eigenvalue weighted by atomic mass is 16.5. The maximum absolute atomic E-state index is 12.4. The zero-order chi connectivity index (χ0) is 13.0. The number of carbonyl (C=O) groups is 1. The van der Waals surface area contributed by atoms with Crippen molar-refractivity contribution in [2.45, 2.75) is 25.7 Å². The van der Waals surface area contributed by atoms with E-state index in [4.69, 9.17) is 4.74 Å². The van der Waals surface area contributed by atoms with Crippen molar-refractivity contribution >= 4 is 5.78 Å². The fourth-order valence-corrected chi connectivity index (χ4v) is 2.40. The van der Waals surface area contributed by atoms with Crippen LogP contribution in [0.5, 0.6) is 0 Å². The van der Waals surface area contributed by atoms with E-state index in [1.54, 1.807) is 0 Å². The molecule has 3 heteroatoms. The molecule has 0 N–H and O–H groups in total. The number of Topliss-reactive ketones (excluding diaryl/α,β-unsaturated/α-hetero) is 1. The van der Waals surface area contributed by atoms with Gasteiger partial charge in [0.1, 0.15) is 5.92 Å². The van der Waals surface area contributed by atoms with Crippen molar-refractivity contribution in [1.82, 2.24) is 0 Å². The lowest BCUT2D eigenvalue weighted by atomic mass is 9.84. The van der Waals surface area contributed by atoms with Crippen molar-refractivity contribution in [3.8, 4) is 6.07 Å². The van der Waals surface area contributed by atoms with Gasteiger partial charge < -0.3 is 4.74 Å². The van der Waals surface area contributed by atoms with Crippen LogP contribution in [0.25, 0.3) is 0 Å². The maximum Gasteiger partial charge on any atom is 0.159 e. The van der Waals surface area contributed by atoms with E-state index in [9.17, 15) is 10.1 Å². The van der Waals surface area contributed by atoms with Crippen LogP contribution in [0.3, 0.4) is 0 Å². The molecule has 1 aromatic carbocycles. The number of rotatable bonds is 3. The lowest BCUT2D eigenvalue weighted by molar-refractivity contribution is -0.127. The van der Waals surface area contributed by atoms with E-state index in [0.29, 0.717) is 6.61 Å². The number of nitrogens with zero attached hydrogens (tertiary/aromatic N) is 1. The Bertz CT molecular complexity index is 470. The molecule has 0 bridgehead atoms. The molecule has 0 aromatic heterocycles. The molecule has 1 aliphatic heterocycles. The Labute approximate surface area is 107 Å². The quantitative estimate of drug-likeness (QED) is 0.820. The zero-order valence-electron chi connectivity index (χ0n) is 10.6. The molecular weight excluding hydrogens is 226 g/mol. The Hall–Kier alpha value is -1.66. The van der Waals surface area contributed by atoms with Gasteiger partial charge in [-0.3, -0.25) is 4.79 Å². The molecule has 0 radical (unpaired) electrons. The standard InChI is InChI=1S/C15H17NO2/c1-11-5-2-3-7-13(11)14(9-16)15(17)12-6-4-8-18-10-12/h2-3,5,7,12,14H,4,6,8,10H2,1H3. The maximum atomic E-state index is 12.4. The van der Waals surface area contributed by atoms with E-state index in [1.165, 1.54) is 0 Å². The summed E-state index contributed by atoms with van der Waals surface area (Å²) < 4.78 is 5.33. The zero-order valence-corrected chi connectivity index (χ0v) is 10.6. The topological polar surface area (TPSA) is 50.1 Å². The average molecular weight is 243 g/mol. The summed E-state index contributed by atoms with van der Waals surface area (Å²) in [6, 6.07) is 9.74. The van der Waals surface area contributed by atoms with E-state index in [1.807, 2.05) is 31.2 Å². The summed E-state index contributed by atoms with van der Waals surface area (Å²) in [7, 11) is 0. The van der Waals surface area contributed by atoms with Crippen LogP contribution in [0.4, 0.5) is 0 Å². The summed E-state index contributed by atoms with van der Waals surface area (Å²) in [5.41, 5.74) is 1.82. The van der Waals surface area contributed by atoms with E-state index in [2.05, 4.69) is 6.07 Å². The predicted octanol–water partition coefficient (Wildman–Crippen LogP) is 2.60. The van der Waals surface area contributed by atoms with Gasteiger partial charge in [-0.05, 0) is 30.9 Å². The minimum absolute atomic E-state index is 0.00602. The van der Waals surface area contributed by atoms with Crippen LogP contribution in [0.2, 0.25) is 0 Å². The minimum atomic E-state index is -0.655. The van der Waals surface area contributed by atoms with Crippen LogP contribution in [0, 0.1) is 24.2 Å². The number of nitriles is 1. The second kappa shape index (κ2) is 5.79. The van der Waals surface area contributed by atoms with Crippen LogP contribution in [0.15, 0.2) is 24.3 Å². The van der Waals surface area contributed by atoms with Gasteiger partial charge in [-0.25, -0.2) is 0 Å². The summed E-state index contributed by atoms with van der Waals surface area (Å²) in [4.78, 5) is 12.4. The Morgan fingerprint density at radius 1 is 1.50 bits per heavy atom. The summed E-state index contributed by atoms with van der Waals surface area (Å²) in [5.74, 6) is -0.771. The third kappa shape index (κ3) is 2.60. The Kier molecular flexibility index (Phi) is 4.11. The molecule has 0 spiro atoms. The van der Waals surface area contributed by atoms with Gasteiger partial charge >= 0.3 is 0 Å². The molecule has 0 saturated carbocycles. The predicted molar refractivity (Wildman–Crippen MR) is 68.1 cm³/mol. The van der Waals surface area contributed by atoms with Gasteiger partial charge in [0, 0.05) is 12.5 Å². The lowest BCUT2D eigenvalue weighted by Gasteiger charge is -2.23. The second-order valence-corrected chi connectivity index (χ2v) is 4.74. The fraction of sp³-hybridized carbons (Fsp3) is 0.467. The van der Waals surface area contributed by atoms with Crippen LogP contribution >= 0.6 is 0 Å². The Morgan fingerprint density at radius 2 is 2.28 bits per heavy atom. The lowest BCUT2D eigenvalue weighted by Crippen LogP contribution is -2.29. The third-order valence-corrected chi connectivity index (χ3v) is 3.48. The monoisotopic (exact) mass is 243 g/mol. The van der Waals surface area contributed by atoms with E-state index in [0.717, 1.165) is 30.6 Å². The molecule has 2 unspecified atom stereocenters. The molecule has 1 aromatic rings. The van der Waals surface area contributed by atoms with E-state index in [-0.39, 0.29) is 11.7 Å². The van der Waals surface area contributed by atoms with Gasteiger partial charge in [0.15, 0.2) is 5.78 Å². The van der Waals surface area contributed by atoms with Crippen molar-refractivity contribution in [1.29, 1.82) is 5.26 Å². The summed E-state index contributed by atoms with van der Waals surface area (Å²) in [5, 5.41) is 9.29. The smallest absolute Gasteiger partial charge is 0.159 e. The number of carbonyl (C=O) groups excluding carboxylic acids is 1. The Morgan fingerprint density at radius 3 is 2.89 bits per heavy atom. The molecule has 1 fully saturated rings. The highest BCUT2D eigenvalue weighted by Gasteiger charge is 2.30. The molecular formula is C15H17NO2. The number of aryl methyl sites for hydroxylation is 1. The highest BCUT2D eigenvalue weighted by molar-refractivity contribution is 5.90. The Balaban J connectivity index is 2.21. The summed E-state index contributed by atoms with van der Waals surface area (Å²) >= 11 is 0. The van der Waals surface area contributed by atoms with Crippen LogP contribution < -0.4 is 0 Å². The first kappa shape index (κ1) is 12.8. The van der Waals surface area contributed by atoms with Gasteiger partial charge in [0.05, 0.1) is 12.7 Å². The first-order valence-corrected chi connectivity index (χ1v) is 6.30. The third-order valence-electron chi connectivity index (χ3n) is 3.48. The van der Waals surface area contributed by atoms with Gasteiger partial charge in [-0.2, -0.15) is 5.26 Å². The van der Waals surface area contributed by atoms with Gasteiger partial charge in [-0.1, -0.05) is 24.3 Å². The van der Waals surface area contributed by atoms with Crippen LogP contribution in [0.1, 0.15) is 29.9 Å². The van der Waals surface area contributed by atoms with Crippen molar-refractivity contribution in [3.05, 3.63) is 35.4 Å². The SMILES string of the molecule is Cc1ccccc1C(C#N)C(=O)C1CCCOC1. The number of ketones is 1. The molecule has 1 aliphatic rings. The summed E-state index contributed by atoms with van der Waals surface area (Å²) in [6.07, 6.45) is 1.74. The van der Waals surface area contributed by atoms with Gasteiger partial charge in [0.25, 0.3) is 0 Å². The first-order chi connectivity index (χ1) is 8.74. The molecule has 1 heterocycles. The van der Waals surface area contributed by atoms with Gasteiger partial charge in [0.2, 0.25) is 0 Å². The molecule has 18 heavy (non-hydrogen) atoms. The molecule has 1 saturated heterocycles. The molecule has 0 amide bonds. The molecule has 0 aliphatic carbocycles. The van der Waals surface area contributed by atoms with Crippen molar-refractivity contribution in [3.63, 3.8) is 0 Å². The molecule has 2 rings (SSSR count). The molecule has 3 nitrogen and oxygen atoms in total. The fourth-order valence-electron chi connectivity index (χ4n) is 2.40. The van der Waals surface area contributed by atoms with E-state index >= 15 is 0 Å². The van der Waals surface area contributed by atoms with Gasteiger partial charge in [-0.15, -0.1) is 0 Å². The summed E-state index contributed by atoms with van der Waals surface area (Å²) in [6.45, 7) is 3.12. The average Bonchev–Trinajstić information content (AvgIpc) is 2.42. The van der Waals surface area contributed by atoms with Crippen LogP contribution in [-0.2, 0) is 9.53 Å². The molecule has 94 valence electrons. The number of ether oxygens (including phenoxy) is 1. The largest absolute Gasteiger partial charge is 0.381 e. The number of hydrogen-bond acceptors (Lipinski definition) is 3. The second-order valence-electron chi connectivity index (χ2n) is 4.74. The number of benzene rings is 1. The van der Waals surface area contributed by atoms with Crippen molar-refractivity contribution in [2.75, 3.05) is 13.2 Å². The minimum Gasteiger partial charge on any atom is -0.381 e. The van der Waals surface area contributed by atoms with Crippen molar-refractivity contribution in [2.24, 2.45) is 5.92 Å². The first-order valence-electron chi connectivity index (χ1n) is 6.30. The van der Waals surface area contributed by atoms with Crippen LogP contribution in [-0.4, -0.2) is 19.0 Å².